The number of Topliss-reactive ketones (excluding diaryl/α,β-unsaturated/α-hetero) is 2. The van der Waals surface area contributed by atoms with Crippen molar-refractivity contribution in [2.45, 2.75) is 26.2 Å². The Kier molecular flexibility index (Phi) is 3.50. The summed E-state index contributed by atoms with van der Waals surface area (Å²) in [4.78, 5) is 35.7. The number of carbonyl (C=O) groups is 3. The van der Waals surface area contributed by atoms with E-state index in [-0.39, 0.29) is 30.3 Å². The van der Waals surface area contributed by atoms with Crippen molar-refractivity contribution in [1.82, 2.24) is 0 Å². The van der Waals surface area contributed by atoms with Gasteiger partial charge in [-0.3, -0.25) is 14.4 Å². The first-order valence-electron chi connectivity index (χ1n) is 6.18. The highest BCUT2D eigenvalue weighted by atomic mass is 16.5. The van der Waals surface area contributed by atoms with E-state index in [0.717, 1.165) is 12.8 Å². The van der Waals surface area contributed by atoms with Gasteiger partial charge >= 0.3 is 5.97 Å². The second-order valence-corrected chi connectivity index (χ2v) is 4.74. The zero-order chi connectivity index (χ0) is 13.3. The Morgan fingerprint density at radius 1 is 1.44 bits per heavy atom. The Hall–Kier alpha value is -1.65. The highest BCUT2D eigenvalue weighted by Crippen LogP contribution is 2.43. The molecular formula is C13H16O5. The molecule has 0 amide bonds. The quantitative estimate of drug-likeness (QED) is 0.353. The summed E-state index contributed by atoms with van der Waals surface area (Å²) >= 11 is 0. The van der Waals surface area contributed by atoms with Crippen LogP contribution in [0.3, 0.4) is 0 Å². The van der Waals surface area contributed by atoms with Crippen molar-refractivity contribution in [3.05, 3.63) is 11.8 Å². The van der Waals surface area contributed by atoms with E-state index in [2.05, 4.69) is 0 Å². The summed E-state index contributed by atoms with van der Waals surface area (Å²) in [5, 5.41) is 9.15. The molecule has 98 valence electrons. The van der Waals surface area contributed by atoms with Gasteiger partial charge in [0.05, 0.1) is 24.7 Å². The lowest BCUT2D eigenvalue weighted by atomic mass is 9.74. The van der Waals surface area contributed by atoms with Gasteiger partial charge in [0.15, 0.2) is 5.78 Å². The van der Waals surface area contributed by atoms with Gasteiger partial charge < -0.3 is 9.84 Å². The normalized spacial score (nSPS) is 30.6. The monoisotopic (exact) mass is 252 g/mol. The third kappa shape index (κ3) is 2.17. The number of ether oxygens (including phenoxy) is 1. The van der Waals surface area contributed by atoms with Crippen LogP contribution in [0.25, 0.3) is 0 Å². The summed E-state index contributed by atoms with van der Waals surface area (Å²) < 4.78 is 4.83. The van der Waals surface area contributed by atoms with Crippen LogP contribution in [0, 0.1) is 17.8 Å². The maximum atomic E-state index is 12.1. The largest absolute Gasteiger partial charge is 0.515 e. The van der Waals surface area contributed by atoms with Crippen molar-refractivity contribution in [3.63, 3.8) is 0 Å². The molecule has 0 aromatic rings. The van der Waals surface area contributed by atoms with Crippen molar-refractivity contribution in [2.75, 3.05) is 6.61 Å². The van der Waals surface area contributed by atoms with Crippen LogP contribution in [0.5, 0.6) is 0 Å². The lowest BCUT2D eigenvalue weighted by Gasteiger charge is -2.26. The minimum atomic E-state index is -0.940. The molecule has 0 radical (unpaired) electrons. The molecule has 2 atom stereocenters. The smallest absolute Gasteiger partial charge is 0.314 e. The number of carbonyl (C=O) groups excluding carboxylic acids is 3. The summed E-state index contributed by atoms with van der Waals surface area (Å²) in [6, 6.07) is 0. The van der Waals surface area contributed by atoms with E-state index in [0.29, 0.717) is 6.26 Å². The summed E-state index contributed by atoms with van der Waals surface area (Å²) in [6.07, 6.45) is 2.35. The third-order valence-electron chi connectivity index (χ3n) is 3.50. The number of esters is 1. The predicted octanol–water partition coefficient (Wildman–Crippen LogP) is 1.18. The summed E-state index contributed by atoms with van der Waals surface area (Å²) in [5.41, 5.74) is 0.0185. The van der Waals surface area contributed by atoms with Crippen LogP contribution in [-0.4, -0.2) is 29.2 Å². The molecule has 5 heteroatoms. The van der Waals surface area contributed by atoms with Crippen molar-refractivity contribution < 1.29 is 24.2 Å². The Labute approximate surface area is 105 Å². The molecule has 18 heavy (non-hydrogen) atoms. The van der Waals surface area contributed by atoms with Crippen molar-refractivity contribution in [2.24, 2.45) is 17.8 Å². The van der Waals surface area contributed by atoms with Gasteiger partial charge in [0.25, 0.3) is 0 Å². The van der Waals surface area contributed by atoms with E-state index in [1.165, 1.54) is 0 Å². The molecule has 0 aromatic heterocycles. The zero-order valence-corrected chi connectivity index (χ0v) is 10.2. The average molecular weight is 252 g/mol. The molecule has 0 spiro atoms. The van der Waals surface area contributed by atoms with E-state index in [1.807, 2.05) is 0 Å². The molecule has 0 aliphatic heterocycles. The summed E-state index contributed by atoms with van der Waals surface area (Å²) in [5.74, 6) is -2.73. The number of hydrogen-bond acceptors (Lipinski definition) is 5. The maximum absolute atomic E-state index is 12.1. The number of hydrogen-bond donors (Lipinski definition) is 1. The van der Waals surface area contributed by atoms with Crippen LogP contribution in [0.1, 0.15) is 26.2 Å². The third-order valence-corrected chi connectivity index (χ3v) is 3.50. The Morgan fingerprint density at radius 2 is 2.11 bits per heavy atom. The van der Waals surface area contributed by atoms with E-state index >= 15 is 0 Å². The van der Waals surface area contributed by atoms with Crippen molar-refractivity contribution >= 4 is 17.5 Å². The first kappa shape index (κ1) is 12.8. The summed E-state index contributed by atoms with van der Waals surface area (Å²) in [7, 11) is 0. The van der Waals surface area contributed by atoms with Gasteiger partial charge in [-0.25, -0.2) is 0 Å². The number of aliphatic hydroxyl groups excluding tert-OH is 1. The molecule has 5 nitrogen and oxygen atoms in total. The lowest BCUT2D eigenvalue weighted by Crippen LogP contribution is -2.40. The molecule has 0 heterocycles. The fourth-order valence-corrected chi connectivity index (χ4v) is 2.45. The molecule has 0 bridgehead atoms. The average Bonchev–Trinajstić information content (AvgIpc) is 3.13. The Morgan fingerprint density at radius 3 is 2.61 bits per heavy atom. The number of ketones is 2. The van der Waals surface area contributed by atoms with Gasteiger partial charge in [0.1, 0.15) is 5.78 Å². The highest BCUT2D eigenvalue weighted by Gasteiger charge is 2.49. The molecular weight excluding hydrogens is 236 g/mol. The first-order chi connectivity index (χ1) is 8.60. The van der Waals surface area contributed by atoms with Gasteiger partial charge in [-0.2, -0.15) is 0 Å². The zero-order valence-electron chi connectivity index (χ0n) is 10.2. The summed E-state index contributed by atoms with van der Waals surface area (Å²) in [6.45, 7) is 1.84. The topological polar surface area (TPSA) is 80.7 Å². The molecule has 0 saturated heterocycles. The molecule has 2 saturated carbocycles. The van der Waals surface area contributed by atoms with Gasteiger partial charge in [-0.15, -0.1) is 0 Å². The van der Waals surface area contributed by atoms with Crippen LogP contribution in [0.15, 0.2) is 11.8 Å². The molecule has 2 aliphatic carbocycles. The van der Waals surface area contributed by atoms with Crippen LogP contribution in [-0.2, 0) is 19.1 Å². The highest BCUT2D eigenvalue weighted by molar-refractivity contribution is 6.16. The number of aliphatic hydroxyl groups is 1. The molecule has 2 aliphatic rings. The molecule has 2 fully saturated rings. The predicted molar refractivity (Wildman–Crippen MR) is 61.7 cm³/mol. The Bertz CT molecular complexity index is 419. The standard InChI is InChI=1S/C13H16O5/c1-2-18-13(17)8-5-10(15)11(7-3-4-7)12(16)9(8)6-14/h6-8,11,14H,2-5H2,1H3. The van der Waals surface area contributed by atoms with Gasteiger partial charge in [-0.05, 0) is 25.7 Å². The number of rotatable bonds is 3. The van der Waals surface area contributed by atoms with E-state index in [1.54, 1.807) is 6.92 Å². The maximum Gasteiger partial charge on any atom is 0.314 e. The van der Waals surface area contributed by atoms with E-state index in [4.69, 9.17) is 9.84 Å². The van der Waals surface area contributed by atoms with Crippen LogP contribution < -0.4 is 0 Å². The lowest BCUT2D eigenvalue weighted by molar-refractivity contribution is -0.151. The van der Waals surface area contributed by atoms with E-state index in [9.17, 15) is 14.4 Å². The Balaban J connectivity index is 2.22. The van der Waals surface area contributed by atoms with Crippen molar-refractivity contribution in [1.29, 1.82) is 0 Å². The molecule has 1 N–H and O–H groups in total. The van der Waals surface area contributed by atoms with Crippen LogP contribution >= 0.6 is 0 Å². The van der Waals surface area contributed by atoms with Gasteiger partial charge in [0.2, 0.25) is 0 Å². The molecule has 2 rings (SSSR count). The van der Waals surface area contributed by atoms with Gasteiger partial charge in [-0.1, -0.05) is 0 Å². The van der Waals surface area contributed by atoms with Crippen LogP contribution in [0.2, 0.25) is 0 Å². The minimum Gasteiger partial charge on any atom is -0.515 e. The van der Waals surface area contributed by atoms with Gasteiger partial charge in [0, 0.05) is 12.0 Å². The SMILES string of the molecule is CCOC(=O)C1CC(=O)C(C2CC2)C(=O)C1=CO. The fourth-order valence-electron chi connectivity index (χ4n) is 2.45. The first-order valence-corrected chi connectivity index (χ1v) is 6.18. The molecule has 0 aromatic carbocycles. The second kappa shape index (κ2) is 4.92. The fraction of sp³-hybridized carbons (Fsp3) is 0.615. The van der Waals surface area contributed by atoms with Crippen LogP contribution in [0.4, 0.5) is 0 Å². The van der Waals surface area contributed by atoms with E-state index < -0.39 is 23.6 Å². The second-order valence-electron chi connectivity index (χ2n) is 4.74. The molecule has 2 unspecified atom stereocenters. The minimum absolute atomic E-state index is 0.0185. The van der Waals surface area contributed by atoms with Crippen molar-refractivity contribution in [3.8, 4) is 0 Å².